The molecule has 1 amide bonds. The van der Waals surface area contributed by atoms with Crippen LogP contribution in [-0.4, -0.2) is 20.5 Å². The van der Waals surface area contributed by atoms with Crippen LogP contribution in [0.3, 0.4) is 0 Å². The van der Waals surface area contributed by atoms with Crippen LogP contribution in [-0.2, 0) is 6.18 Å². The van der Waals surface area contributed by atoms with Crippen molar-refractivity contribution in [3.63, 3.8) is 0 Å². The molecule has 1 aromatic carbocycles. The second-order valence-corrected chi connectivity index (χ2v) is 5.37. The molecule has 0 atom stereocenters. The van der Waals surface area contributed by atoms with Crippen LogP contribution in [0.25, 0.3) is 5.65 Å². The van der Waals surface area contributed by atoms with Gasteiger partial charge in [0.05, 0.1) is 11.3 Å². The van der Waals surface area contributed by atoms with Crippen LogP contribution in [0.15, 0.2) is 36.4 Å². The number of nitrogens with zero attached hydrogens (tertiary/aromatic N) is 3. The fraction of sp³-hybridized carbons (Fsp3) is 0.188. The minimum atomic E-state index is -4.47. The van der Waals surface area contributed by atoms with E-state index in [1.165, 1.54) is 18.2 Å². The van der Waals surface area contributed by atoms with Gasteiger partial charge in [-0.05, 0) is 38.1 Å². The number of anilines is 1. The summed E-state index contributed by atoms with van der Waals surface area (Å²) in [5.74, 6) is -0.584. The third-order valence-corrected chi connectivity index (χ3v) is 3.41. The van der Waals surface area contributed by atoms with Gasteiger partial charge in [0.25, 0.3) is 5.91 Å². The number of amides is 1. The summed E-state index contributed by atoms with van der Waals surface area (Å²) in [4.78, 5) is 16.5. The number of hydrogen-bond acceptors (Lipinski definition) is 3. The summed E-state index contributed by atoms with van der Waals surface area (Å²) in [5, 5.41) is 6.67. The van der Waals surface area contributed by atoms with Crippen molar-refractivity contribution in [2.24, 2.45) is 0 Å². The van der Waals surface area contributed by atoms with E-state index in [-0.39, 0.29) is 11.4 Å². The second kappa shape index (κ2) is 5.63. The van der Waals surface area contributed by atoms with Gasteiger partial charge in [0.1, 0.15) is 5.69 Å². The summed E-state index contributed by atoms with van der Waals surface area (Å²) < 4.78 is 39.8. The fourth-order valence-electron chi connectivity index (χ4n) is 2.32. The maximum atomic E-state index is 12.7. The number of nitrogens with one attached hydrogen (secondary N) is 1. The Hall–Kier alpha value is -2.90. The van der Waals surface area contributed by atoms with Crippen LogP contribution in [0.5, 0.6) is 0 Å². The zero-order valence-electron chi connectivity index (χ0n) is 12.8. The lowest BCUT2D eigenvalue weighted by molar-refractivity contribution is -0.137. The Labute approximate surface area is 135 Å². The summed E-state index contributed by atoms with van der Waals surface area (Å²) >= 11 is 0. The van der Waals surface area contributed by atoms with Crippen molar-refractivity contribution in [3.05, 3.63) is 59.0 Å². The SMILES string of the molecule is Cc1cc2nc(C(=O)Nc3cccc(C(F)(F)F)c3)cc(C)n2n1. The zero-order valence-corrected chi connectivity index (χ0v) is 12.8. The molecule has 2 heterocycles. The molecule has 124 valence electrons. The quantitative estimate of drug-likeness (QED) is 0.779. The van der Waals surface area contributed by atoms with E-state index < -0.39 is 17.6 Å². The molecule has 24 heavy (non-hydrogen) atoms. The highest BCUT2D eigenvalue weighted by Gasteiger charge is 2.30. The largest absolute Gasteiger partial charge is 0.416 e. The molecule has 0 saturated heterocycles. The first-order valence-electron chi connectivity index (χ1n) is 7.07. The van der Waals surface area contributed by atoms with Crippen molar-refractivity contribution in [2.45, 2.75) is 20.0 Å². The number of carbonyl (C=O) groups excluding carboxylic acids is 1. The lowest BCUT2D eigenvalue weighted by atomic mass is 10.2. The molecule has 2 aromatic heterocycles. The van der Waals surface area contributed by atoms with Crippen LogP contribution in [0.1, 0.15) is 27.4 Å². The van der Waals surface area contributed by atoms with Gasteiger partial charge in [-0.1, -0.05) is 6.07 Å². The maximum absolute atomic E-state index is 12.7. The van der Waals surface area contributed by atoms with Gasteiger partial charge in [0.15, 0.2) is 5.65 Å². The van der Waals surface area contributed by atoms with Crippen LogP contribution < -0.4 is 5.32 Å². The summed E-state index contributed by atoms with van der Waals surface area (Å²) in [6, 6.07) is 7.70. The number of alkyl halides is 3. The van der Waals surface area contributed by atoms with Gasteiger partial charge in [-0.25, -0.2) is 9.50 Å². The number of halogens is 3. The Morgan fingerprint density at radius 1 is 1.17 bits per heavy atom. The van der Waals surface area contributed by atoms with Crippen LogP contribution >= 0.6 is 0 Å². The molecule has 3 aromatic rings. The Balaban J connectivity index is 1.90. The molecule has 0 fully saturated rings. The molecule has 8 heteroatoms. The number of aromatic nitrogens is 3. The predicted molar refractivity (Wildman–Crippen MR) is 81.9 cm³/mol. The summed E-state index contributed by atoms with van der Waals surface area (Å²) in [6.07, 6.45) is -4.47. The summed E-state index contributed by atoms with van der Waals surface area (Å²) in [6.45, 7) is 3.57. The molecule has 0 aliphatic carbocycles. The van der Waals surface area contributed by atoms with E-state index in [2.05, 4.69) is 15.4 Å². The minimum Gasteiger partial charge on any atom is -0.321 e. The van der Waals surface area contributed by atoms with Crippen molar-refractivity contribution >= 4 is 17.2 Å². The molecule has 0 aliphatic heterocycles. The third kappa shape index (κ3) is 3.08. The molecular weight excluding hydrogens is 321 g/mol. The monoisotopic (exact) mass is 334 g/mol. The average Bonchev–Trinajstić information content (AvgIpc) is 2.87. The number of rotatable bonds is 2. The number of fused-ring (bicyclic) bond motifs is 1. The highest BCUT2D eigenvalue weighted by atomic mass is 19.4. The van der Waals surface area contributed by atoms with E-state index >= 15 is 0 Å². The Morgan fingerprint density at radius 2 is 1.92 bits per heavy atom. The molecule has 0 radical (unpaired) electrons. The summed E-state index contributed by atoms with van der Waals surface area (Å²) in [5.41, 5.74) is 1.28. The second-order valence-electron chi connectivity index (χ2n) is 5.37. The number of hydrogen-bond donors (Lipinski definition) is 1. The first-order valence-corrected chi connectivity index (χ1v) is 7.07. The van der Waals surface area contributed by atoms with Crippen molar-refractivity contribution in [1.29, 1.82) is 0 Å². The normalized spacial score (nSPS) is 11.7. The lowest BCUT2D eigenvalue weighted by Crippen LogP contribution is -2.16. The minimum absolute atomic E-state index is 0.0545. The van der Waals surface area contributed by atoms with Gasteiger partial charge in [0.2, 0.25) is 0 Å². The number of carbonyl (C=O) groups is 1. The van der Waals surface area contributed by atoms with Crippen LogP contribution in [0.4, 0.5) is 18.9 Å². The smallest absolute Gasteiger partial charge is 0.321 e. The van der Waals surface area contributed by atoms with Crippen LogP contribution in [0, 0.1) is 13.8 Å². The maximum Gasteiger partial charge on any atom is 0.416 e. The highest BCUT2D eigenvalue weighted by Crippen LogP contribution is 2.30. The van der Waals surface area contributed by atoms with Gasteiger partial charge >= 0.3 is 6.18 Å². The number of aryl methyl sites for hydroxylation is 2. The van der Waals surface area contributed by atoms with E-state index in [0.29, 0.717) is 11.3 Å². The molecule has 0 saturated carbocycles. The zero-order chi connectivity index (χ0) is 17.5. The molecule has 3 rings (SSSR count). The van der Waals surface area contributed by atoms with E-state index in [1.807, 2.05) is 0 Å². The molecule has 5 nitrogen and oxygen atoms in total. The third-order valence-electron chi connectivity index (χ3n) is 3.41. The Morgan fingerprint density at radius 3 is 2.62 bits per heavy atom. The highest BCUT2D eigenvalue weighted by molar-refractivity contribution is 6.03. The molecular formula is C16H13F3N4O. The predicted octanol–water partition coefficient (Wildman–Crippen LogP) is 3.62. The number of benzene rings is 1. The molecule has 0 unspecified atom stereocenters. The topological polar surface area (TPSA) is 59.3 Å². The van der Waals surface area contributed by atoms with Gasteiger partial charge in [-0.15, -0.1) is 0 Å². The molecule has 0 spiro atoms. The Kier molecular flexibility index (Phi) is 3.75. The van der Waals surface area contributed by atoms with E-state index in [4.69, 9.17) is 0 Å². The van der Waals surface area contributed by atoms with Gasteiger partial charge in [-0.2, -0.15) is 18.3 Å². The molecule has 1 N–H and O–H groups in total. The van der Waals surface area contributed by atoms with Crippen molar-refractivity contribution < 1.29 is 18.0 Å². The van der Waals surface area contributed by atoms with Gasteiger partial charge in [-0.3, -0.25) is 4.79 Å². The standard InChI is InChI=1S/C16H13F3N4O/c1-9-6-14-21-13(7-10(2)23(14)22-9)15(24)20-12-5-3-4-11(8-12)16(17,18)19/h3-8H,1-2H3,(H,20,24). The first kappa shape index (κ1) is 16.0. The lowest BCUT2D eigenvalue weighted by Gasteiger charge is -2.10. The Bertz CT molecular complexity index is 931. The summed E-state index contributed by atoms with van der Waals surface area (Å²) in [7, 11) is 0. The van der Waals surface area contributed by atoms with Crippen molar-refractivity contribution in [3.8, 4) is 0 Å². The van der Waals surface area contributed by atoms with Crippen molar-refractivity contribution in [1.82, 2.24) is 14.6 Å². The van der Waals surface area contributed by atoms with E-state index in [0.717, 1.165) is 17.8 Å². The molecule has 0 aliphatic rings. The van der Waals surface area contributed by atoms with Gasteiger partial charge < -0.3 is 5.32 Å². The first-order chi connectivity index (χ1) is 11.2. The van der Waals surface area contributed by atoms with Crippen LogP contribution in [0.2, 0.25) is 0 Å². The van der Waals surface area contributed by atoms with Gasteiger partial charge in [0, 0.05) is 17.4 Å². The van der Waals surface area contributed by atoms with Crippen molar-refractivity contribution in [2.75, 3.05) is 5.32 Å². The average molecular weight is 334 g/mol. The molecule has 0 bridgehead atoms. The fourth-order valence-corrected chi connectivity index (χ4v) is 2.32. The van der Waals surface area contributed by atoms with E-state index in [9.17, 15) is 18.0 Å². The van der Waals surface area contributed by atoms with E-state index in [1.54, 1.807) is 24.4 Å².